The van der Waals surface area contributed by atoms with E-state index < -0.39 is 0 Å². The number of anilines is 1. The number of nitrogens with two attached hydrogens (primary N) is 1. The zero-order valence-corrected chi connectivity index (χ0v) is 10.7. The zero-order chi connectivity index (χ0) is 10.4. The van der Waals surface area contributed by atoms with Gasteiger partial charge in [-0.05, 0) is 14.0 Å². The fraction of sp³-hybridized carbons (Fsp3) is 0.667. The molecule has 1 aromatic heterocycles. The van der Waals surface area contributed by atoms with Gasteiger partial charge in [0.1, 0.15) is 0 Å². The molecular weight excluding hydrogens is 234 g/mol. The number of nitrogens with zero attached hydrogens (tertiary/aromatic N) is 2. The lowest BCUT2D eigenvalue weighted by Gasteiger charge is -2.14. The van der Waals surface area contributed by atoms with Crippen molar-refractivity contribution in [2.45, 2.75) is 13.5 Å². The number of thiazole rings is 1. The van der Waals surface area contributed by atoms with Crippen LogP contribution in [-0.2, 0) is 11.3 Å². The third-order valence-corrected chi connectivity index (χ3v) is 2.63. The first kappa shape index (κ1) is 14.6. The average Bonchev–Trinajstić information content (AvgIpc) is 2.52. The van der Waals surface area contributed by atoms with Gasteiger partial charge < -0.3 is 10.5 Å². The van der Waals surface area contributed by atoms with Crippen LogP contribution in [0.3, 0.4) is 0 Å². The number of halogens is 1. The van der Waals surface area contributed by atoms with Gasteiger partial charge in [0.2, 0.25) is 0 Å². The Morgan fingerprint density at radius 2 is 2.33 bits per heavy atom. The summed E-state index contributed by atoms with van der Waals surface area (Å²) in [7, 11) is 2.06. The Hall–Kier alpha value is -0.360. The van der Waals surface area contributed by atoms with Crippen LogP contribution >= 0.6 is 23.7 Å². The largest absolute Gasteiger partial charge is 0.380 e. The van der Waals surface area contributed by atoms with Gasteiger partial charge in [-0.3, -0.25) is 4.90 Å². The van der Waals surface area contributed by atoms with Gasteiger partial charge in [0.25, 0.3) is 0 Å². The van der Waals surface area contributed by atoms with E-state index >= 15 is 0 Å². The molecule has 1 rings (SSSR count). The molecule has 4 nitrogen and oxygen atoms in total. The molecule has 0 bridgehead atoms. The maximum Gasteiger partial charge on any atom is 0.180 e. The van der Waals surface area contributed by atoms with Gasteiger partial charge >= 0.3 is 0 Å². The van der Waals surface area contributed by atoms with Gasteiger partial charge in [-0.25, -0.2) is 4.98 Å². The molecule has 0 radical (unpaired) electrons. The molecule has 0 amide bonds. The van der Waals surface area contributed by atoms with Crippen LogP contribution in [0.5, 0.6) is 0 Å². The lowest BCUT2D eigenvalue weighted by atomic mass is 10.5. The molecule has 0 spiro atoms. The number of rotatable bonds is 6. The molecule has 0 aliphatic heterocycles. The summed E-state index contributed by atoms with van der Waals surface area (Å²) in [5.41, 5.74) is 5.54. The highest BCUT2D eigenvalue weighted by Gasteiger charge is 2.02. The highest BCUT2D eigenvalue weighted by atomic mass is 35.5. The van der Waals surface area contributed by atoms with Crippen molar-refractivity contribution in [1.82, 2.24) is 9.88 Å². The molecule has 1 heterocycles. The van der Waals surface area contributed by atoms with E-state index in [4.69, 9.17) is 10.5 Å². The molecule has 6 heteroatoms. The normalized spacial score (nSPS) is 10.3. The van der Waals surface area contributed by atoms with Gasteiger partial charge in [0, 0.05) is 30.8 Å². The van der Waals surface area contributed by atoms with Crippen LogP contribution < -0.4 is 5.73 Å². The molecule has 0 unspecified atom stereocenters. The molecule has 2 N–H and O–H groups in total. The Bertz CT molecular complexity index is 270. The van der Waals surface area contributed by atoms with Crippen LogP contribution in [-0.4, -0.2) is 36.7 Å². The number of hydrogen-bond acceptors (Lipinski definition) is 5. The summed E-state index contributed by atoms with van der Waals surface area (Å²) in [6.07, 6.45) is 1.83. The molecule has 0 aromatic carbocycles. The Kier molecular flexibility index (Phi) is 7.68. The number of ether oxygens (including phenoxy) is 1. The standard InChI is InChI=1S/C9H17N3OS.ClH/c1-3-13-5-4-12(2)7-8-6-11-9(10)14-8;/h6H,3-5,7H2,1-2H3,(H2,10,11);1H. The molecule has 0 saturated heterocycles. The van der Waals surface area contributed by atoms with E-state index in [1.165, 1.54) is 16.2 Å². The van der Waals surface area contributed by atoms with Crippen molar-refractivity contribution in [2.75, 3.05) is 32.5 Å². The van der Waals surface area contributed by atoms with E-state index in [1.54, 1.807) is 0 Å². The van der Waals surface area contributed by atoms with Crippen molar-refractivity contribution in [1.29, 1.82) is 0 Å². The maximum atomic E-state index is 5.54. The van der Waals surface area contributed by atoms with Crippen molar-refractivity contribution in [3.05, 3.63) is 11.1 Å². The molecular formula is C9H18ClN3OS. The Labute approximate surface area is 101 Å². The summed E-state index contributed by atoms with van der Waals surface area (Å²) in [6, 6.07) is 0. The van der Waals surface area contributed by atoms with Crippen LogP contribution in [0.25, 0.3) is 0 Å². The highest BCUT2D eigenvalue weighted by Crippen LogP contribution is 2.15. The predicted octanol–water partition coefficient (Wildman–Crippen LogP) is 1.62. The lowest BCUT2D eigenvalue weighted by molar-refractivity contribution is 0.120. The topological polar surface area (TPSA) is 51.4 Å². The second-order valence-electron chi connectivity index (χ2n) is 3.10. The van der Waals surface area contributed by atoms with E-state index in [0.717, 1.165) is 26.3 Å². The molecule has 0 atom stereocenters. The van der Waals surface area contributed by atoms with Crippen molar-refractivity contribution in [3.8, 4) is 0 Å². The first-order chi connectivity index (χ1) is 6.72. The van der Waals surface area contributed by atoms with Crippen LogP contribution in [0.4, 0.5) is 5.13 Å². The fourth-order valence-electron chi connectivity index (χ4n) is 1.11. The lowest BCUT2D eigenvalue weighted by Crippen LogP contribution is -2.22. The van der Waals surface area contributed by atoms with Crippen LogP contribution in [0, 0.1) is 0 Å². The van der Waals surface area contributed by atoms with Crippen molar-refractivity contribution >= 4 is 28.9 Å². The third kappa shape index (κ3) is 5.94. The minimum Gasteiger partial charge on any atom is -0.380 e. The Morgan fingerprint density at radius 3 is 2.87 bits per heavy atom. The van der Waals surface area contributed by atoms with E-state index in [2.05, 4.69) is 16.9 Å². The molecule has 0 aliphatic carbocycles. The quantitative estimate of drug-likeness (QED) is 0.781. The molecule has 88 valence electrons. The Balaban J connectivity index is 0.00000196. The number of likely N-dealkylation sites (N-methyl/N-ethyl adjacent to an activating group) is 1. The van der Waals surface area contributed by atoms with E-state index in [9.17, 15) is 0 Å². The van der Waals surface area contributed by atoms with Gasteiger partial charge in [-0.15, -0.1) is 23.7 Å². The van der Waals surface area contributed by atoms with Gasteiger partial charge in [-0.1, -0.05) is 0 Å². The van der Waals surface area contributed by atoms with E-state index in [1.807, 2.05) is 13.1 Å². The van der Waals surface area contributed by atoms with Crippen molar-refractivity contribution in [2.24, 2.45) is 0 Å². The van der Waals surface area contributed by atoms with Gasteiger partial charge in [0.15, 0.2) is 5.13 Å². The number of nitrogen functional groups attached to an aromatic ring is 1. The summed E-state index contributed by atoms with van der Waals surface area (Å²) in [6.45, 7) is 5.39. The van der Waals surface area contributed by atoms with Gasteiger partial charge in [0.05, 0.1) is 6.61 Å². The molecule has 1 aromatic rings. The minimum absolute atomic E-state index is 0. The van der Waals surface area contributed by atoms with Crippen molar-refractivity contribution < 1.29 is 4.74 Å². The van der Waals surface area contributed by atoms with Crippen LogP contribution in [0.2, 0.25) is 0 Å². The summed E-state index contributed by atoms with van der Waals surface area (Å²) in [5, 5.41) is 0.637. The molecule has 0 saturated carbocycles. The van der Waals surface area contributed by atoms with E-state index in [0.29, 0.717) is 5.13 Å². The monoisotopic (exact) mass is 251 g/mol. The molecule has 0 aliphatic rings. The van der Waals surface area contributed by atoms with Gasteiger partial charge in [-0.2, -0.15) is 0 Å². The van der Waals surface area contributed by atoms with Crippen molar-refractivity contribution in [3.63, 3.8) is 0 Å². The zero-order valence-electron chi connectivity index (χ0n) is 9.10. The highest BCUT2D eigenvalue weighted by molar-refractivity contribution is 7.15. The summed E-state index contributed by atoms with van der Waals surface area (Å²) >= 11 is 1.54. The molecule has 0 fully saturated rings. The van der Waals surface area contributed by atoms with Crippen LogP contribution in [0.15, 0.2) is 6.20 Å². The first-order valence-corrected chi connectivity index (χ1v) is 5.50. The third-order valence-electron chi connectivity index (χ3n) is 1.82. The summed E-state index contributed by atoms with van der Waals surface area (Å²) in [4.78, 5) is 7.40. The summed E-state index contributed by atoms with van der Waals surface area (Å²) in [5.74, 6) is 0. The predicted molar refractivity (Wildman–Crippen MR) is 66.6 cm³/mol. The number of aromatic nitrogens is 1. The SMILES string of the molecule is CCOCCN(C)Cc1cnc(N)s1.Cl. The fourth-order valence-corrected chi connectivity index (χ4v) is 1.87. The van der Waals surface area contributed by atoms with Crippen LogP contribution in [0.1, 0.15) is 11.8 Å². The minimum atomic E-state index is 0. The Morgan fingerprint density at radius 1 is 1.60 bits per heavy atom. The molecule has 15 heavy (non-hydrogen) atoms. The maximum absolute atomic E-state index is 5.54. The smallest absolute Gasteiger partial charge is 0.180 e. The first-order valence-electron chi connectivity index (χ1n) is 4.69. The average molecular weight is 252 g/mol. The number of hydrogen-bond donors (Lipinski definition) is 1. The second kappa shape index (κ2) is 7.87. The second-order valence-corrected chi connectivity index (χ2v) is 4.25. The summed E-state index contributed by atoms with van der Waals surface area (Å²) < 4.78 is 5.27. The van der Waals surface area contributed by atoms with E-state index in [-0.39, 0.29) is 12.4 Å².